The predicted octanol–water partition coefficient (Wildman–Crippen LogP) is 1.25. The van der Waals surface area contributed by atoms with Gasteiger partial charge in [0.25, 0.3) is 5.91 Å². The number of hydrogen-bond donors (Lipinski definition) is 2. The first kappa shape index (κ1) is 10.7. The van der Waals surface area contributed by atoms with E-state index in [0.29, 0.717) is 11.4 Å². The van der Waals surface area contributed by atoms with Crippen molar-refractivity contribution in [1.29, 1.82) is 0 Å². The minimum Gasteiger partial charge on any atom is -0.326 e. The van der Waals surface area contributed by atoms with Gasteiger partial charge in [-0.05, 0) is 23.2 Å². The van der Waals surface area contributed by atoms with Gasteiger partial charge < -0.3 is 11.1 Å². The molecule has 16 heavy (non-hydrogen) atoms. The molecular formula is C10H10N4OS. The van der Waals surface area contributed by atoms with E-state index in [1.54, 1.807) is 0 Å². The summed E-state index contributed by atoms with van der Waals surface area (Å²) >= 11 is 1.06. The molecule has 2 rings (SSSR count). The zero-order valence-corrected chi connectivity index (χ0v) is 9.20. The zero-order chi connectivity index (χ0) is 11.4. The van der Waals surface area contributed by atoms with Crippen molar-refractivity contribution in [2.75, 3.05) is 5.32 Å². The van der Waals surface area contributed by atoms with E-state index in [-0.39, 0.29) is 5.91 Å². The highest BCUT2D eigenvalue weighted by molar-refractivity contribution is 7.07. The number of para-hydroxylation sites is 1. The first-order valence-corrected chi connectivity index (χ1v) is 5.45. The van der Waals surface area contributed by atoms with Gasteiger partial charge in [-0.1, -0.05) is 22.7 Å². The second-order valence-electron chi connectivity index (χ2n) is 3.10. The summed E-state index contributed by atoms with van der Waals surface area (Å²) in [5.74, 6) is -0.212. The molecule has 0 unspecified atom stereocenters. The summed E-state index contributed by atoms with van der Waals surface area (Å²) in [6, 6.07) is 7.42. The van der Waals surface area contributed by atoms with Crippen molar-refractivity contribution in [3.05, 3.63) is 40.9 Å². The van der Waals surface area contributed by atoms with Crippen LogP contribution in [0.5, 0.6) is 0 Å². The van der Waals surface area contributed by atoms with Gasteiger partial charge in [-0.2, -0.15) is 0 Å². The largest absolute Gasteiger partial charge is 0.326 e. The molecule has 1 heterocycles. The molecule has 0 saturated carbocycles. The molecule has 1 amide bonds. The van der Waals surface area contributed by atoms with Crippen LogP contribution in [0.15, 0.2) is 30.5 Å². The molecule has 82 valence electrons. The fourth-order valence-electron chi connectivity index (χ4n) is 1.27. The first-order valence-electron chi connectivity index (χ1n) is 4.68. The maximum atomic E-state index is 11.7. The number of nitrogens with one attached hydrogen (secondary N) is 1. The standard InChI is InChI=1S/C10H10N4OS/c11-5-7-3-1-2-4-8(7)13-10(15)9-6-12-14-16-9/h1-4,6H,5,11H2,(H,13,15). The van der Waals surface area contributed by atoms with Crippen LogP contribution in [0.25, 0.3) is 0 Å². The van der Waals surface area contributed by atoms with Crippen molar-refractivity contribution < 1.29 is 4.79 Å². The highest BCUT2D eigenvalue weighted by Crippen LogP contribution is 2.15. The van der Waals surface area contributed by atoms with Crippen LogP contribution in [0.1, 0.15) is 15.2 Å². The fourth-order valence-corrected chi connectivity index (χ4v) is 1.68. The van der Waals surface area contributed by atoms with Gasteiger partial charge in [-0.3, -0.25) is 4.79 Å². The van der Waals surface area contributed by atoms with E-state index >= 15 is 0 Å². The van der Waals surface area contributed by atoms with Crippen LogP contribution in [0.4, 0.5) is 5.69 Å². The average Bonchev–Trinajstić information content (AvgIpc) is 2.83. The van der Waals surface area contributed by atoms with Crippen LogP contribution in [0.3, 0.4) is 0 Å². The molecule has 0 fully saturated rings. The number of hydrogen-bond acceptors (Lipinski definition) is 5. The molecule has 0 bridgehead atoms. The van der Waals surface area contributed by atoms with E-state index < -0.39 is 0 Å². The lowest BCUT2D eigenvalue weighted by molar-refractivity contribution is 0.103. The Morgan fingerprint density at radius 2 is 2.25 bits per heavy atom. The Labute approximate surface area is 96.5 Å². The Morgan fingerprint density at radius 3 is 2.94 bits per heavy atom. The molecule has 0 atom stereocenters. The van der Waals surface area contributed by atoms with E-state index in [1.165, 1.54) is 6.20 Å². The van der Waals surface area contributed by atoms with E-state index in [4.69, 9.17) is 5.73 Å². The fraction of sp³-hybridized carbons (Fsp3) is 0.100. The molecule has 0 saturated heterocycles. The predicted molar refractivity (Wildman–Crippen MR) is 62.2 cm³/mol. The summed E-state index contributed by atoms with van der Waals surface area (Å²) in [6.45, 7) is 0.386. The number of carbonyl (C=O) groups is 1. The Bertz CT molecular complexity index is 483. The Hall–Kier alpha value is -1.79. The summed E-state index contributed by atoms with van der Waals surface area (Å²) in [5, 5.41) is 6.39. The minimum absolute atomic E-state index is 0.212. The van der Waals surface area contributed by atoms with Gasteiger partial charge in [0.05, 0.1) is 6.20 Å². The SMILES string of the molecule is NCc1ccccc1NC(=O)c1cnns1. The molecule has 0 radical (unpaired) electrons. The lowest BCUT2D eigenvalue weighted by Crippen LogP contribution is -2.12. The maximum Gasteiger partial charge on any atom is 0.269 e. The van der Waals surface area contributed by atoms with E-state index in [0.717, 1.165) is 22.8 Å². The molecular weight excluding hydrogens is 224 g/mol. The topological polar surface area (TPSA) is 80.9 Å². The van der Waals surface area contributed by atoms with Gasteiger partial charge in [0.2, 0.25) is 0 Å². The summed E-state index contributed by atoms with van der Waals surface area (Å²) in [7, 11) is 0. The highest BCUT2D eigenvalue weighted by Gasteiger charge is 2.10. The molecule has 0 spiro atoms. The van der Waals surface area contributed by atoms with E-state index in [1.807, 2.05) is 24.3 Å². The third-order valence-electron chi connectivity index (χ3n) is 2.07. The average molecular weight is 234 g/mol. The van der Waals surface area contributed by atoms with Crippen LogP contribution in [-0.2, 0) is 6.54 Å². The van der Waals surface area contributed by atoms with Gasteiger partial charge in [-0.15, -0.1) is 5.10 Å². The number of rotatable bonds is 3. The van der Waals surface area contributed by atoms with Crippen LogP contribution < -0.4 is 11.1 Å². The normalized spacial score (nSPS) is 10.1. The number of benzene rings is 1. The van der Waals surface area contributed by atoms with Crippen molar-refractivity contribution in [2.45, 2.75) is 6.54 Å². The van der Waals surface area contributed by atoms with Gasteiger partial charge >= 0.3 is 0 Å². The smallest absolute Gasteiger partial charge is 0.269 e. The number of anilines is 1. The number of nitrogens with two attached hydrogens (primary N) is 1. The monoisotopic (exact) mass is 234 g/mol. The summed E-state index contributed by atoms with van der Waals surface area (Å²) in [5.41, 5.74) is 7.19. The third kappa shape index (κ3) is 2.23. The van der Waals surface area contributed by atoms with Crippen LogP contribution in [0.2, 0.25) is 0 Å². The molecule has 2 aromatic rings. The van der Waals surface area contributed by atoms with Crippen LogP contribution in [-0.4, -0.2) is 15.5 Å². The molecule has 1 aromatic carbocycles. The second-order valence-corrected chi connectivity index (χ2v) is 3.88. The van der Waals surface area contributed by atoms with Gasteiger partial charge in [0.15, 0.2) is 0 Å². The van der Waals surface area contributed by atoms with Gasteiger partial charge in [0.1, 0.15) is 4.88 Å². The van der Waals surface area contributed by atoms with Crippen LogP contribution >= 0.6 is 11.5 Å². The molecule has 0 aliphatic carbocycles. The summed E-state index contributed by atoms with van der Waals surface area (Å²) in [6.07, 6.45) is 1.44. The van der Waals surface area contributed by atoms with E-state index in [2.05, 4.69) is 14.9 Å². The molecule has 0 aliphatic rings. The van der Waals surface area contributed by atoms with Crippen molar-refractivity contribution in [1.82, 2.24) is 9.59 Å². The third-order valence-corrected chi connectivity index (χ3v) is 2.73. The minimum atomic E-state index is -0.212. The zero-order valence-electron chi connectivity index (χ0n) is 8.38. The van der Waals surface area contributed by atoms with Crippen molar-refractivity contribution >= 4 is 23.1 Å². The van der Waals surface area contributed by atoms with Crippen LogP contribution in [0, 0.1) is 0 Å². The van der Waals surface area contributed by atoms with Gasteiger partial charge in [-0.25, -0.2) is 0 Å². The highest BCUT2D eigenvalue weighted by atomic mass is 32.1. The van der Waals surface area contributed by atoms with Crippen molar-refractivity contribution in [2.24, 2.45) is 5.73 Å². The maximum absolute atomic E-state index is 11.7. The van der Waals surface area contributed by atoms with Crippen molar-refractivity contribution in [3.8, 4) is 0 Å². The lowest BCUT2D eigenvalue weighted by atomic mass is 10.2. The number of carbonyl (C=O) groups excluding carboxylic acids is 1. The number of nitrogens with zero attached hydrogens (tertiary/aromatic N) is 2. The Morgan fingerprint density at radius 1 is 1.44 bits per heavy atom. The van der Waals surface area contributed by atoms with Crippen molar-refractivity contribution in [3.63, 3.8) is 0 Å². The lowest BCUT2D eigenvalue weighted by Gasteiger charge is -2.07. The molecule has 5 nitrogen and oxygen atoms in total. The summed E-state index contributed by atoms with van der Waals surface area (Å²) in [4.78, 5) is 12.2. The quantitative estimate of drug-likeness (QED) is 0.837. The Balaban J connectivity index is 2.18. The second kappa shape index (κ2) is 4.82. The number of aromatic nitrogens is 2. The first-order chi connectivity index (χ1) is 7.81. The Kier molecular flexibility index (Phi) is 3.23. The molecule has 6 heteroatoms. The van der Waals surface area contributed by atoms with E-state index in [9.17, 15) is 4.79 Å². The number of amides is 1. The molecule has 0 aliphatic heterocycles. The summed E-state index contributed by atoms with van der Waals surface area (Å²) < 4.78 is 3.63. The molecule has 1 aromatic heterocycles. The molecule has 3 N–H and O–H groups in total. The van der Waals surface area contributed by atoms with Gasteiger partial charge in [0, 0.05) is 12.2 Å².